The fourth-order valence-electron chi connectivity index (χ4n) is 2.19. The molecule has 0 saturated carbocycles. The molecule has 1 aliphatic rings. The van der Waals surface area contributed by atoms with Crippen molar-refractivity contribution in [2.45, 2.75) is 6.18 Å². The van der Waals surface area contributed by atoms with Crippen LogP contribution in [0.4, 0.5) is 18.3 Å². The number of carbonyl (C=O) groups excluding carboxylic acids is 3. The van der Waals surface area contributed by atoms with E-state index in [4.69, 9.17) is 23.2 Å². The van der Waals surface area contributed by atoms with Crippen LogP contribution in [0.5, 0.6) is 0 Å². The Bertz CT molecular complexity index is 904. The monoisotopic (exact) mass is 423 g/mol. The molecule has 2 aromatic rings. The van der Waals surface area contributed by atoms with E-state index in [1.54, 1.807) is 0 Å². The average molecular weight is 424 g/mol. The van der Waals surface area contributed by atoms with E-state index in [1.807, 2.05) is 0 Å². The highest BCUT2D eigenvalue weighted by atomic mass is 35.5. The molecule has 3 rings (SSSR count). The molecule has 136 valence electrons. The molecule has 0 radical (unpaired) electrons. The van der Waals surface area contributed by atoms with Gasteiger partial charge in [-0.3, -0.25) is 19.3 Å². The Kier molecular flexibility index (Phi) is 4.67. The predicted molar refractivity (Wildman–Crippen MR) is 87.6 cm³/mol. The molecule has 1 aromatic carbocycles. The smallest absolute Gasteiger partial charge is 0.300 e. The van der Waals surface area contributed by atoms with E-state index >= 15 is 0 Å². The quantitative estimate of drug-likeness (QED) is 0.763. The van der Waals surface area contributed by atoms with Crippen LogP contribution < -0.4 is 5.32 Å². The first-order valence-corrected chi connectivity index (χ1v) is 8.39. The van der Waals surface area contributed by atoms with Crippen molar-refractivity contribution in [2.24, 2.45) is 0 Å². The molecular weight excluding hydrogens is 418 g/mol. The molecule has 26 heavy (non-hydrogen) atoms. The first-order chi connectivity index (χ1) is 12.1. The van der Waals surface area contributed by atoms with Crippen LogP contribution in [0.25, 0.3) is 0 Å². The molecule has 12 heteroatoms. The Morgan fingerprint density at radius 3 is 2.15 bits per heavy atom. The number of aromatic nitrogens is 1. The highest BCUT2D eigenvalue weighted by Gasteiger charge is 2.38. The highest BCUT2D eigenvalue weighted by Crippen LogP contribution is 2.33. The number of fused-ring (bicyclic) bond motifs is 1. The molecule has 0 unspecified atom stereocenters. The van der Waals surface area contributed by atoms with Gasteiger partial charge >= 0.3 is 6.18 Å². The lowest BCUT2D eigenvalue weighted by molar-refractivity contribution is -0.140. The number of hydrogen-bond donors (Lipinski definition) is 1. The third-order valence-electron chi connectivity index (χ3n) is 3.35. The van der Waals surface area contributed by atoms with E-state index < -0.39 is 36.1 Å². The summed E-state index contributed by atoms with van der Waals surface area (Å²) in [5, 5.41) is 2.70. The SMILES string of the molecule is O=C(CN1C(=O)c2cc(Cl)c(Cl)cc2C1=O)Nc1nc(C(F)(F)F)cs1. The van der Waals surface area contributed by atoms with Crippen LogP contribution in [-0.2, 0) is 11.0 Å². The minimum atomic E-state index is -4.64. The summed E-state index contributed by atoms with van der Waals surface area (Å²) in [5.74, 6) is -2.39. The lowest BCUT2D eigenvalue weighted by Gasteiger charge is -2.12. The lowest BCUT2D eigenvalue weighted by atomic mass is 10.1. The van der Waals surface area contributed by atoms with Gasteiger partial charge in [0.05, 0.1) is 21.2 Å². The summed E-state index contributed by atoms with van der Waals surface area (Å²) in [4.78, 5) is 40.4. The summed E-state index contributed by atoms with van der Waals surface area (Å²) < 4.78 is 37.5. The molecular formula is C14H6Cl2F3N3O3S. The highest BCUT2D eigenvalue weighted by molar-refractivity contribution is 7.13. The number of alkyl halides is 3. The van der Waals surface area contributed by atoms with Gasteiger partial charge < -0.3 is 5.32 Å². The van der Waals surface area contributed by atoms with E-state index in [9.17, 15) is 27.6 Å². The number of nitrogens with zero attached hydrogens (tertiary/aromatic N) is 2. The number of imide groups is 1. The summed E-state index contributed by atoms with van der Waals surface area (Å²) in [6.07, 6.45) is -4.64. The number of carbonyl (C=O) groups is 3. The molecule has 0 saturated heterocycles. The molecule has 3 amide bonds. The average Bonchev–Trinajstić information content (AvgIpc) is 3.09. The Balaban J connectivity index is 1.73. The minimum absolute atomic E-state index is 0.00851. The van der Waals surface area contributed by atoms with Crippen LogP contribution in [0, 0.1) is 0 Å². The van der Waals surface area contributed by atoms with E-state index in [-0.39, 0.29) is 26.3 Å². The van der Waals surface area contributed by atoms with Crippen molar-refractivity contribution in [3.63, 3.8) is 0 Å². The van der Waals surface area contributed by atoms with Crippen molar-refractivity contribution in [2.75, 3.05) is 11.9 Å². The zero-order chi connectivity index (χ0) is 19.2. The van der Waals surface area contributed by atoms with Crippen molar-refractivity contribution >= 4 is 57.4 Å². The molecule has 1 aromatic heterocycles. The van der Waals surface area contributed by atoms with Gasteiger partial charge in [-0.05, 0) is 12.1 Å². The topological polar surface area (TPSA) is 79.4 Å². The maximum absolute atomic E-state index is 12.5. The first kappa shape index (κ1) is 18.6. The molecule has 0 fully saturated rings. The number of amides is 3. The third-order valence-corrected chi connectivity index (χ3v) is 4.83. The van der Waals surface area contributed by atoms with Crippen molar-refractivity contribution in [1.29, 1.82) is 0 Å². The molecule has 1 N–H and O–H groups in total. The van der Waals surface area contributed by atoms with Gasteiger partial charge in [-0.25, -0.2) is 4.98 Å². The predicted octanol–water partition coefficient (Wildman–Crippen LogP) is 3.70. The Labute approximate surface area is 157 Å². The van der Waals surface area contributed by atoms with E-state index in [0.29, 0.717) is 16.2 Å². The van der Waals surface area contributed by atoms with Crippen LogP contribution in [-0.4, -0.2) is 34.2 Å². The number of hydrogen-bond acceptors (Lipinski definition) is 5. The summed E-state index contributed by atoms with van der Waals surface area (Å²) >= 11 is 12.2. The van der Waals surface area contributed by atoms with Crippen LogP contribution in [0.15, 0.2) is 17.5 Å². The number of anilines is 1. The van der Waals surface area contributed by atoms with Crippen molar-refractivity contribution in [3.8, 4) is 0 Å². The first-order valence-electron chi connectivity index (χ1n) is 6.75. The van der Waals surface area contributed by atoms with Gasteiger partial charge in [0.2, 0.25) is 5.91 Å². The van der Waals surface area contributed by atoms with Gasteiger partial charge in [0.25, 0.3) is 11.8 Å². The molecule has 2 heterocycles. The maximum Gasteiger partial charge on any atom is 0.434 e. The van der Waals surface area contributed by atoms with Gasteiger partial charge in [-0.2, -0.15) is 13.2 Å². The lowest BCUT2D eigenvalue weighted by Crippen LogP contribution is -2.37. The molecule has 1 aliphatic heterocycles. The number of benzene rings is 1. The molecule has 0 aliphatic carbocycles. The van der Waals surface area contributed by atoms with Crippen LogP contribution >= 0.6 is 34.5 Å². The Hall–Kier alpha value is -2.17. The number of halogens is 5. The Morgan fingerprint density at radius 1 is 1.15 bits per heavy atom. The van der Waals surface area contributed by atoms with Crippen LogP contribution in [0.1, 0.15) is 26.4 Å². The minimum Gasteiger partial charge on any atom is -0.300 e. The van der Waals surface area contributed by atoms with Crippen molar-refractivity contribution in [3.05, 3.63) is 44.4 Å². The second kappa shape index (κ2) is 6.53. The molecule has 0 atom stereocenters. The summed E-state index contributed by atoms with van der Waals surface area (Å²) in [6, 6.07) is 2.43. The van der Waals surface area contributed by atoms with Crippen molar-refractivity contribution < 1.29 is 27.6 Å². The normalized spacial score (nSPS) is 14.0. The largest absolute Gasteiger partial charge is 0.434 e. The van der Waals surface area contributed by atoms with E-state index in [1.165, 1.54) is 12.1 Å². The fourth-order valence-corrected chi connectivity index (χ4v) is 3.25. The fraction of sp³-hybridized carbons (Fsp3) is 0.143. The molecule has 0 spiro atoms. The van der Waals surface area contributed by atoms with Crippen molar-refractivity contribution in [1.82, 2.24) is 9.88 Å². The van der Waals surface area contributed by atoms with Gasteiger partial charge in [0.15, 0.2) is 10.8 Å². The van der Waals surface area contributed by atoms with E-state index in [2.05, 4.69) is 10.3 Å². The summed E-state index contributed by atoms with van der Waals surface area (Å²) in [6.45, 7) is -0.692. The van der Waals surface area contributed by atoms with E-state index in [0.717, 1.165) is 5.38 Å². The van der Waals surface area contributed by atoms with Gasteiger partial charge in [-0.1, -0.05) is 23.2 Å². The molecule has 6 nitrogen and oxygen atoms in total. The number of nitrogens with one attached hydrogen (secondary N) is 1. The number of rotatable bonds is 3. The summed E-state index contributed by atoms with van der Waals surface area (Å²) in [7, 11) is 0. The zero-order valence-electron chi connectivity index (χ0n) is 12.4. The van der Waals surface area contributed by atoms with Gasteiger partial charge in [-0.15, -0.1) is 11.3 Å². The van der Waals surface area contributed by atoms with Crippen LogP contribution in [0.3, 0.4) is 0 Å². The third kappa shape index (κ3) is 3.39. The number of thiazole rings is 1. The second-order valence-electron chi connectivity index (χ2n) is 5.09. The van der Waals surface area contributed by atoms with Crippen LogP contribution in [0.2, 0.25) is 10.0 Å². The van der Waals surface area contributed by atoms with Gasteiger partial charge in [0, 0.05) is 5.38 Å². The maximum atomic E-state index is 12.5. The van der Waals surface area contributed by atoms with Gasteiger partial charge in [0.1, 0.15) is 6.54 Å². The summed E-state index contributed by atoms with van der Waals surface area (Å²) in [5.41, 5.74) is -1.17. The Morgan fingerprint density at radius 2 is 1.69 bits per heavy atom. The zero-order valence-corrected chi connectivity index (χ0v) is 14.7. The second-order valence-corrected chi connectivity index (χ2v) is 6.76. The standard InChI is InChI=1S/C14H6Cl2F3N3O3S/c15-7-1-5-6(2-8(7)16)12(25)22(11(5)24)3-10(23)21-13-20-9(4-26-13)14(17,18)19/h1-2,4H,3H2,(H,20,21,23). The molecule has 0 bridgehead atoms.